The van der Waals surface area contributed by atoms with E-state index in [-0.39, 0.29) is 12.0 Å². The highest BCUT2D eigenvalue weighted by Gasteiger charge is 2.24. The van der Waals surface area contributed by atoms with Gasteiger partial charge < -0.3 is 19.3 Å². The number of aryl methyl sites for hydroxylation is 2. The molecule has 2 aromatic heterocycles. The van der Waals surface area contributed by atoms with Crippen LogP contribution in [0.2, 0.25) is 0 Å². The Labute approximate surface area is 206 Å². The van der Waals surface area contributed by atoms with Gasteiger partial charge >= 0.3 is 11.6 Å². The van der Waals surface area contributed by atoms with E-state index in [2.05, 4.69) is 5.32 Å². The highest BCUT2D eigenvalue weighted by atomic mass is 16.4. The molecule has 0 aliphatic carbocycles. The van der Waals surface area contributed by atoms with Gasteiger partial charge in [-0.1, -0.05) is 60.7 Å². The van der Waals surface area contributed by atoms with Crippen LogP contribution < -0.4 is 10.9 Å². The highest BCUT2D eigenvalue weighted by Crippen LogP contribution is 2.37. The molecule has 7 nitrogen and oxygen atoms in total. The first-order valence-electron chi connectivity index (χ1n) is 11.5. The summed E-state index contributed by atoms with van der Waals surface area (Å²) in [5.41, 5.74) is 3.47. The molecule has 0 spiro atoms. The summed E-state index contributed by atoms with van der Waals surface area (Å²) < 4.78 is 11.5. The Morgan fingerprint density at radius 1 is 0.889 bits per heavy atom. The molecule has 1 atom stereocenters. The maximum absolute atomic E-state index is 12.8. The van der Waals surface area contributed by atoms with E-state index >= 15 is 0 Å². The number of rotatable bonds is 6. The van der Waals surface area contributed by atoms with Crippen molar-refractivity contribution >= 4 is 33.8 Å². The zero-order chi connectivity index (χ0) is 25.4. The number of carboxylic acid groups (broad SMARTS) is 1. The predicted octanol–water partition coefficient (Wildman–Crippen LogP) is 5.31. The molecule has 5 aromatic rings. The average Bonchev–Trinajstić information content (AvgIpc) is 3.19. The molecule has 1 amide bonds. The van der Waals surface area contributed by atoms with E-state index in [1.165, 1.54) is 0 Å². The lowest BCUT2D eigenvalue weighted by Crippen LogP contribution is -2.35. The van der Waals surface area contributed by atoms with Crippen molar-refractivity contribution in [2.24, 2.45) is 0 Å². The summed E-state index contributed by atoms with van der Waals surface area (Å²) in [4.78, 5) is 37.4. The molecule has 2 N–H and O–H groups in total. The van der Waals surface area contributed by atoms with Crippen LogP contribution in [0.15, 0.2) is 86.4 Å². The van der Waals surface area contributed by atoms with E-state index in [0.717, 1.165) is 22.3 Å². The van der Waals surface area contributed by atoms with Crippen molar-refractivity contribution < 1.29 is 23.5 Å². The molecule has 0 fully saturated rings. The first-order chi connectivity index (χ1) is 17.3. The second kappa shape index (κ2) is 9.19. The molecule has 0 radical (unpaired) electrons. The van der Waals surface area contributed by atoms with Gasteiger partial charge in [0.25, 0.3) is 0 Å². The lowest BCUT2D eigenvalue weighted by Gasteiger charge is -2.15. The average molecular weight is 482 g/mol. The Bertz CT molecular complexity index is 1670. The summed E-state index contributed by atoms with van der Waals surface area (Å²) in [5, 5.41) is 13.7. The van der Waals surface area contributed by atoms with E-state index in [9.17, 15) is 19.5 Å². The molecular formula is C29H23NO6. The van der Waals surface area contributed by atoms with Crippen LogP contribution in [0.25, 0.3) is 33.1 Å². The smallest absolute Gasteiger partial charge is 0.340 e. The van der Waals surface area contributed by atoms with Gasteiger partial charge in [0, 0.05) is 22.4 Å². The number of nitrogens with one attached hydrogen (secondary N) is 1. The molecule has 7 heteroatoms. The quantitative estimate of drug-likeness (QED) is 0.318. The van der Waals surface area contributed by atoms with E-state index in [1.807, 2.05) is 43.3 Å². The van der Waals surface area contributed by atoms with E-state index in [1.54, 1.807) is 43.3 Å². The minimum Gasteiger partial charge on any atom is -0.479 e. The van der Waals surface area contributed by atoms with Gasteiger partial charge in [-0.15, -0.1) is 0 Å². The molecule has 0 saturated carbocycles. The summed E-state index contributed by atoms with van der Waals surface area (Å²) in [6, 6.07) is 20.6. The number of hydrogen-bond acceptors (Lipinski definition) is 5. The largest absolute Gasteiger partial charge is 0.479 e. The van der Waals surface area contributed by atoms with Crippen LogP contribution in [0.5, 0.6) is 0 Å². The summed E-state index contributed by atoms with van der Waals surface area (Å²) in [5.74, 6) is -1.04. The summed E-state index contributed by atoms with van der Waals surface area (Å²) >= 11 is 0. The molecule has 0 unspecified atom stereocenters. The monoisotopic (exact) mass is 481 g/mol. The molecule has 0 aliphatic heterocycles. The molecule has 0 bridgehead atoms. The third-order valence-electron chi connectivity index (χ3n) is 6.36. The lowest BCUT2D eigenvalue weighted by atomic mass is 9.98. The maximum atomic E-state index is 12.8. The number of benzene rings is 3. The van der Waals surface area contributed by atoms with Crippen molar-refractivity contribution in [1.82, 2.24) is 5.32 Å². The number of furan rings is 1. The fourth-order valence-electron chi connectivity index (χ4n) is 4.58. The number of aliphatic carboxylic acids is 1. The molecular weight excluding hydrogens is 458 g/mol. The number of hydrogen-bond donors (Lipinski definition) is 2. The maximum Gasteiger partial charge on any atom is 0.340 e. The van der Waals surface area contributed by atoms with Crippen LogP contribution in [-0.4, -0.2) is 17.0 Å². The van der Waals surface area contributed by atoms with Gasteiger partial charge in [0.1, 0.15) is 16.9 Å². The van der Waals surface area contributed by atoms with Crippen molar-refractivity contribution in [3.63, 3.8) is 0 Å². The predicted molar refractivity (Wildman–Crippen MR) is 136 cm³/mol. The zero-order valence-corrected chi connectivity index (χ0v) is 19.7. The van der Waals surface area contributed by atoms with Crippen LogP contribution in [0.4, 0.5) is 0 Å². The van der Waals surface area contributed by atoms with Gasteiger partial charge in [0.15, 0.2) is 6.04 Å². The van der Waals surface area contributed by atoms with Crippen molar-refractivity contribution in [2.45, 2.75) is 26.3 Å². The normalized spacial score (nSPS) is 12.1. The fraction of sp³-hybridized carbons (Fsp3) is 0.138. The second-order valence-corrected chi connectivity index (χ2v) is 8.66. The van der Waals surface area contributed by atoms with Crippen LogP contribution in [0.1, 0.15) is 28.5 Å². The Hall–Kier alpha value is -4.65. The molecule has 5 rings (SSSR count). The topological polar surface area (TPSA) is 110 Å². The Kier molecular flexibility index (Phi) is 5.90. The van der Waals surface area contributed by atoms with Gasteiger partial charge in [-0.25, -0.2) is 9.59 Å². The fourth-order valence-corrected chi connectivity index (χ4v) is 4.58. The highest BCUT2D eigenvalue weighted by molar-refractivity contribution is 6.03. The molecule has 0 aliphatic rings. The Morgan fingerprint density at radius 3 is 2.19 bits per heavy atom. The van der Waals surface area contributed by atoms with Gasteiger partial charge in [-0.05, 0) is 36.6 Å². The number of carboxylic acids is 1. The minimum absolute atomic E-state index is 0.179. The standard InChI is InChI=1S/C29H23NO6/c1-16-20-13-22-24(35-17(2)26(22)18-9-5-3-6-10-18)15-23(20)36-29(34)21(16)14-25(31)30-27(28(32)33)19-11-7-4-8-12-19/h3-13,15,27H,14H2,1-2H3,(H,30,31)(H,32,33)/t27-/m0/s1. The first kappa shape index (κ1) is 23.1. The van der Waals surface area contributed by atoms with Crippen LogP contribution >= 0.6 is 0 Å². The van der Waals surface area contributed by atoms with Gasteiger partial charge in [-0.2, -0.15) is 0 Å². The van der Waals surface area contributed by atoms with Gasteiger partial charge in [0.2, 0.25) is 5.91 Å². The van der Waals surface area contributed by atoms with Crippen LogP contribution in [0, 0.1) is 13.8 Å². The third-order valence-corrected chi connectivity index (χ3v) is 6.36. The Balaban J connectivity index is 1.54. The number of amides is 1. The molecule has 3 aromatic carbocycles. The molecule has 0 saturated heterocycles. The SMILES string of the molecule is Cc1oc2cc3oc(=O)c(CC(=O)N[C@H](C(=O)O)c4ccccc4)c(C)c3cc2c1-c1ccccc1. The van der Waals surface area contributed by atoms with E-state index < -0.39 is 23.5 Å². The number of carbonyl (C=O) groups is 2. The van der Waals surface area contributed by atoms with Gasteiger partial charge in [0.05, 0.1) is 12.0 Å². The molecule has 180 valence electrons. The van der Waals surface area contributed by atoms with E-state index in [0.29, 0.717) is 27.7 Å². The number of fused-ring (bicyclic) bond motifs is 2. The second-order valence-electron chi connectivity index (χ2n) is 8.66. The Morgan fingerprint density at radius 2 is 1.53 bits per heavy atom. The molecule has 36 heavy (non-hydrogen) atoms. The minimum atomic E-state index is -1.23. The third kappa shape index (κ3) is 4.15. The summed E-state index contributed by atoms with van der Waals surface area (Å²) in [6.07, 6.45) is -0.311. The van der Waals surface area contributed by atoms with Crippen LogP contribution in [0.3, 0.4) is 0 Å². The van der Waals surface area contributed by atoms with Gasteiger partial charge in [-0.3, -0.25) is 4.79 Å². The summed E-state index contributed by atoms with van der Waals surface area (Å²) in [7, 11) is 0. The van der Waals surface area contributed by atoms with Crippen LogP contribution in [-0.2, 0) is 16.0 Å². The van der Waals surface area contributed by atoms with Crippen molar-refractivity contribution in [1.29, 1.82) is 0 Å². The van der Waals surface area contributed by atoms with Crippen molar-refractivity contribution in [3.05, 3.63) is 106 Å². The zero-order valence-electron chi connectivity index (χ0n) is 19.7. The van der Waals surface area contributed by atoms with Crippen molar-refractivity contribution in [2.75, 3.05) is 0 Å². The number of carbonyl (C=O) groups excluding carboxylic acids is 1. The van der Waals surface area contributed by atoms with E-state index in [4.69, 9.17) is 8.83 Å². The summed E-state index contributed by atoms with van der Waals surface area (Å²) in [6.45, 7) is 3.64. The molecule has 2 heterocycles. The first-order valence-corrected chi connectivity index (χ1v) is 11.5. The lowest BCUT2D eigenvalue weighted by molar-refractivity contribution is -0.142. The van der Waals surface area contributed by atoms with Crippen molar-refractivity contribution in [3.8, 4) is 11.1 Å².